The van der Waals surface area contributed by atoms with Gasteiger partial charge < -0.3 is 15.0 Å². The second-order valence-electron chi connectivity index (χ2n) is 5.31. The molecule has 1 aromatic rings. The van der Waals surface area contributed by atoms with Gasteiger partial charge in [0, 0.05) is 24.8 Å². The lowest BCUT2D eigenvalue weighted by atomic mass is 10.1. The van der Waals surface area contributed by atoms with Crippen molar-refractivity contribution in [2.24, 2.45) is 5.92 Å². The number of hydrogen-bond acceptors (Lipinski definition) is 4. The lowest BCUT2D eigenvalue weighted by Crippen LogP contribution is -2.38. The number of hydrogen-bond donors (Lipinski definition) is 1. The molecule has 19 heavy (non-hydrogen) atoms. The Hall–Kier alpha value is -1.55. The molecule has 4 nitrogen and oxygen atoms in total. The van der Waals surface area contributed by atoms with Gasteiger partial charge in [0.25, 0.3) is 0 Å². The van der Waals surface area contributed by atoms with Crippen molar-refractivity contribution in [2.75, 3.05) is 31.6 Å². The van der Waals surface area contributed by atoms with E-state index in [1.54, 1.807) is 6.07 Å². The SMILES string of the molecule is COC(=O)c1cccc(N2CC(C)CNCC2C)c1. The van der Waals surface area contributed by atoms with Crippen LogP contribution in [-0.4, -0.2) is 38.8 Å². The first-order valence-electron chi connectivity index (χ1n) is 6.77. The summed E-state index contributed by atoms with van der Waals surface area (Å²) in [6, 6.07) is 8.09. The van der Waals surface area contributed by atoms with E-state index in [1.807, 2.05) is 12.1 Å². The molecule has 0 bridgehead atoms. The van der Waals surface area contributed by atoms with Crippen molar-refractivity contribution in [3.05, 3.63) is 29.8 Å². The molecule has 0 amide bonds. The van der Waals surface area contributed by atoms with Gasteiger partial charge in [-0.2, -0.15) is 0 Å². The molecular formula is C15H22N2O2. The second kappa shape index (κ2) is 6.06. The van der Waals surface area contributed by atoms with Gasteiger partial charge in [0.15, 0.2) is 0 Å². The predicted molar refractivity (Wildman–Crippen MR) is 76.6 cm³/mol. The van der Waals surface area contributed by atoms with E-state index in [1.165, 1.54) is 7.11 Å². The number of carbonyl (C=O) groups is 1. The van der Waals surface area contributed by atoms with Crippen LogP contribution in [0, 0.1) is 5.92 Å². The van der Waals surface area contributed by atoms with Crippen LogP contribution < -0.4 is 10.2 Å². The Balaban J connectivity index is 2.26. The Bertz CT molecular complexity index is 448. The quantitative estimate of drug-likeness (QED) is 0.827. The fraction of sp³-hybridized carbons (Fsp3) is 0.533. The minimum Gasteiger partial charge on any atom is -0.465 e. The molecule has 104 valence electrons. The third kappa shape index (κ3) is 3.26. The van der Waals surface area contributed by atoms with E-state index in [0.29, 0.717) is 17.5 Å². The van der Waals surface area contributed by atoms with Gasteiger partial charge in [0.1, 0.15) is 0 Å². The second-order valence-corrected chi connectivity index (χ2v) is 5.31. The minimum absolute atomic E-state index is 0.282. The lowest BCUT2D eigenvalue weighted by Gasteiger charge is -2.30. The highest BCUT2D eigenvalue weighted by Gasteiger charge is 2.21. The molecule has 1 N–H and O–H groups in total. The van der Waals surface area contributed by atoms with E-state index >= 15 is 0 Å². The standard InChI is InChI=1S/C15H22N2O2/c1-11-8-16-9-12(2)17(10-11)14-6-4-5-13(7-14)15(18)19-3/h4-7,11-12,16H,8-10H2,1-3H3. The number of rotatable bonds is 2. The molecule has 1 aromatic carbocycles. The summed E-state index contributed by atoms with van der Waals surface area (Å²) in [4.78, 5) is 14.0. The third-order valence-electron chi connectivity index (χ3n) is 3.57. The minimum atomic E-state index is -0.282. The maximum atomic E-state index is 11.6. The summed E-state index contributed by atoms with van der Waals surface area (Å²) >= 11 is 0. The molecule has 2 rings (SSSR count). The van der Waals surface area contributed by atoms with Crippen LogP contribution in [0.5, 0.6) is 0 Å². The predicted octanol–water partition coefficient (Wildman–Crippen LogP) is 1.91. The van der Waals surface area contributed by atoms with Crippen molar-refractivity contribution in [1.29, 1.82) is 0 Å². The van der Waals surface area contributed by atoms with Crippen LogP contribution in [0.25, 0.3) is 0 Å². The number of anilines is 1. The summed E-state index contributed by atoms with van der Waals surface area (Å²) in [5, 5.41) is 3.46. The van der Waals surface area contributed by atoms with Crippen molar-refractivity contribution in [1.82, 2.24) is 5.32 Å². The van der Waals surface area contributed by atoms with Crippen LogP contribution in [0.3, 0.4) is 0 Å². The van der Waals surface area contributed by atoms with Crippen LogP contribution in [0.4, 0.5) is 5.69 Å². The molecule has 1 aliphatic rings. The molecule has 0 aliphatic carbocycles. The molecule has 2 unspecified atom stereocenters. The zero-order valence-corrected chi connectivity index (χ0v) is 11.8. The van der Waals surface area contributed by atoms with Crippen molar-refractivity contribution < 1.29 is 9.53 Å². The van der Waals surface area contributed by atoms with E-state index in [9.17, 15) is 4.79 Å². The van der Waals surface area contributed by atoms with Gasteiger partial charge >= 0.3 is 5.97 Å². The number of nitrogens with zero attached hydrogens (tertiary/aromatic N) is 1. The van der Waals surface area contributed by atoms with Gasteiger partial charge in [0.2, 0.25) is 0 Å². The Morgan fingerprint density at radius 3 is 2.89 bits per heavy atom. The number of carbonyl (C=O) groups excluding carboxylic acids is 1. The molecule has 1 heterocycles. The molecular weight excluding hydrogens is 240 g/mol. The van der Waals surface area contributed by atoms with E-state index < -0.39 is 0 Å². The maximum absolute atomic E-state index is 11.6. The number of ether oxygens (including phenoxy) is 1. The maximum Gasteiger partial charge on any atom is 0.337 e. The molecule has 0 saturated carbocycles. The van der Waals surface area contributed by atoms with Crippen molar-refractivity contribution in [3.8, 4) is 0 Å². The fourth-order valence-corrected chi connectivity index (χ4v) is 2.52. The van der Waals surface area contributed by atoms with E-state index in [0.717, 1.165) is 25.3 Å². The van der Waals surface area contributed by atoms with Gasteiger partial charge in [-0.1, -0.05) is 13.0 Å². The molecule has 0 aromatic heterocycles. The Kier molecular flexibility index (Phi) is 4.43. The summed E-state index contributed by atoms with van der Waals surface area (Å²) < 4.78 is 4.78. The van der Waals surface area contributed by atoms with Crippen LogP contribution >= 0.6 is 0 Å². The number of benzene rings is 1. The van der Waals surface area contributed by atoms with Crippen molar-refractivity contribution in [2.45, 2.75) is 19.9 Å². The molecule has 4 heteroatoms. The van der Waals surface area contributed by atoms with Gasteiger partial charge in [-0.05, 0) is 37.6 Å². The van der Waals surface area contributed by atoms with Gasteiger partial charge in [0.05, 0.1) is 12.7 Å². The monoisotopic (exact) mass is 262 g/mol. The first-order chi connectivity index (χ1) is 9.11. The first kappa shape index (κ1) is 13.9. The molecule has 2 atom stereocenters. The van der Waals surface area contributed by atoms with E-state index in [4.69, 9.17) is 4.74 Å². The zero-order chi connectivity index (χ0) is 13.8. The van der Waals surface area contributed by atoms with Gasteiger partial charge in [-0.25, -0.2) is 4.79 Å². The molecule has 1 fully saturated rings. The van der Waals surface area contributed by atoms with Crippen LogP contribution in [-0.2, 0) is 4.74 Å². The fourth-order valence-electron chi connectivity index (χ4n) is 2.52. The van der Waals surface area contributed by atoms with Crippen LogP contribution in [0.1, 0.15) is 24.2 Å². The summed E-state index contributed by atoms with van der Waals surface area (Å²) in [7, 11) is 1.41. The summed E-state index contributed by atoms with van der Waals surface area (Å²) in [6.45, 7) is 7.45. The summed E-state index contributed by atoms with van der Waals surface area (Å²) in [5.74, 6) is 0.308. The molecule has 0 radical (unpaired) electrons. The normalized spacial score (nSPS) is 23.8. The average Bonchev–Trinajstić information content (AvgIpc) is 2.59. The molecule has 1 saturated heterocycles. The third-order valence-corrected chi connectivity index (χ3v) is 3.57. The largest absolute Gasteiger partial charge is 0.465 e. The summed E-state index contributed by atoms with van der Waals surface area (Å²) in [5.41, 5.74) is 1.70. The highest BCUT2D eigenvalue weighted by molar-refractivity contribution is 5.90. The Labute approximate surface area is 114 Å². The number of nitrogens with one attached hydrogen (secondary N) is 1. The Morgan fingerprint density at radius 1 is 1.37 bits per heavy atom. The highest BCUT2D eigenvalue weighted by Crippen LogP contribution is 2.21. The topological polar surface area (TPSA) is 41.6 Å². The van der Waals surface area contributed by atoms with Crippen molar-refractivity contribution in [3.63, 3.8) is 0 Å². The summed E-state index contributed by atoms with van der Waals surface area (Å²) in [6.07, 6.45) is 0. The van der Waals surface area contributed by atoms with Crippen molar-refractivity contribution >= 4 is 11.7 Å². The highest BCUT2D eigenvalue weighted by atomic mass is 16.5. The van der Waals surface area contributed by atoms with Crippen LogP contribution in [0.15, 0.2) is 24.3 Å². The van der Waals surface area contributed by atoms with E-state index in [-0.39, 0.29) is 5.97 Å². The lowest BCUT2D eigenvalue weighted by molar-refractivity contribution is 0.0601. The number of methoxy groups -OCH3 is 1. The van der Waals surface area contributed by atoms with Gasteiger partial charge in [-0.3, -0.25) is 0 Å². The first-order valence-corrected chi connectivity index (χ1v) is 6.77. The van der Waals surface area contributed by atoms with E-state index in [2.05, 4.69) is 30.1 Å². The smallest absolute Gasteiger partial charge is 0.337 e. The molecule has 1 aliphatic heterocycles. The van der Waals surface area contributed by atoms with Crippen LogP contribution in [0.2, 0.25) is 0 Å². The average molecular weight is 262 g/mol. The van der Waals surface area contributed by atoms with Gasteiger partial charge in [-0.15, -0.1) is 0 Å². The Morgan fingerprint density at radius 2 is 2.16 bits per heavy atom. The molecule has 0 spiro atoms. The zero-order valence-electron chi connectivity index (χ0n) is 11.8. The number of esters is 1.